The highest BCUT2D eigenvalue weighted by Gasteiger charge is 2.20. The minimum absolute atomic E-state index is 0.259. The van der Waals surface area contributed by atoms with Crippen LogP contribution in [0.2, 0.25) is 0 Å². The van der Waals surface area contributed by atoms with E-state index in [-0.39, 0.29) is 5.75 Å². The Hall–Kier alpha value is -2.61. The van der Waals surface area contributed by atoms with E-state index >= 15 is 0 Å². The van der Waals surface area contributed by atoms with Gasteiger partial charge >= 0.3 is 5.69 Å². The molecular formula is C15H7BrF2N2O3. The van der Waals surface area contributed by atoms with Crippen LogP contribution in [-0.4, -0.2) is 9.91 Å². The lowest BCUT2D eigenvalue weighted by Gasteiger charge is -2.09. The second-order valence-electron chi connectivity index (χ2n) is 4.56. The zero-order valence-electron chi connectivity index (χ0n) is 11.3. The summed E-state index contributed by atoms with van der Waals surface area (Å²) in [5.41, 5.74) is -0.349. The lowest BCUT2D eigenvalue weighted by Crippen LogP contribution is -1.97. The van der Waals surface area contributed by atoms with Gasteiger partial charge in [0.2, 0.25) is 5.82 Å². The Morgan fingerprint density at radius 2 is 1.87 bits per heavy atom. The number of aromatic nitrogens is 1. The van der Waals surface area contributed by atoms with Crippen LogP contribution in [0, 0.1) is 21.7 Å². The smallest absolute Gasteiger partial charge is 0.307 e. The van der Waals surface area contributed by atoms with Crippen molar-refractivity contribution in [2.45, 2.75) is 0 Å². The molecule has 1 aromatic heterocycles. The topological polar surface area (TPSA) is 65.3 Å². The Morgan fingerprint density at radius 3 is 2.61 bits per heavy atom. The highest BCUT2D eigenvalue weighted by molar-refractivity contribution is 9.10. The van der Waals surface area contributed by atoms with Crippen molar-refractivity contribution < 1.29 is 18.4 Å². The number of nitro groups is 1. The quantitative estimate of drug-likeness (QED) is 0.474. The first-order valence-corrected chi connectivity index (χ1v) is 7.10. The van der Waals surface area contributed by atoms with Crippen molar-refractivity contribution in [2.24, 2.45) is 0 Å². The van der Waals surface area contributed by atoms with Crippen LogP contribution >= 0.6 is 15.9 Å². The highest BCUT2D eigenvalue weighted by Crippen LogP contribution is 2.33. The summed E-state index contributed by atoms with van der Waals surface area (Å²) in [7, 11) is 0. The number of benzene rings is 2. The molecule has 0 aliphatic rings. The zero-order valence-corrected chi connectivity index (χ0v) is 12.9. The van der Waals surface area contributed by atoms with Crippen LogP contribution in [0.5, 0.6) is 11.5 Å². The number of nitro benzene ring substituents is 1. The molecular weight excluding hydrogens is 374 g/mol. The number of fused-ring (bicyclic) bond motifs is 1. The van der Waals surface area contributed by atoms with E-state index < -0.39 is 28.0 Å². The van der Waals surface area contributed by atoms with Gasteiger partial charge in [-0.2, -0.15) is 4.39 Å². The van der Waals surface area contributed by atoms with E-state index in [0.717, 1.165) is 4.47 Å². The van der Waals surface area contributed by atoms with Gasteiger partial charge in [-0.3, -0.25) is 15.1 Å². The maximum absolute atomic E-state index is 13.9. The first-order chi connectivity index (χ1) is 11.0. The summed E-state index contributed by atoms with van der Waals surface area (Å²) in [5.74, 6) is -2.38. The van der Waals surface area contributed by atoms with E-state index in [4.69, 9.17) is 4.74 Å². The molecule has 3 rings (SSSR count). The molecule has 0 atom stereocenters. The summed E-state index contributed by atoms with van der Waals surface area (Å²) in [6.45, 7) is 0. The molecule has 2 aromatic carbocycles. The molecule has 1 heterocycles. The number of pyridine rings is 1. The summed E-state index contributed by atoms with van der Waals surface area (Å²) in [6, 6.07) is 7.85. The molecule has 23 heavy (non-hydrogen) atoms. The number of hydrogen-bond donors (Lipinski definition) is 0. The molecule has 0 spiro atoms. The number of nitrogens with zero attached hydrogens (tertiary/aromatic N) is 2. The second kappa shape index (κ2) is 5.88. The molecule has 8 heteroatoms. The summed E-state index contributed by atoms with van der Waals surface area (Å²) < 4.78 is 33.8. The second-order valence-corrected chi connectivity index (χ2v) is 5.48. The normalized spacial score (nSPS) is 10.7. The third-order valence-corrected chi connectivity index (χ3v) is 3.58. The van der Waals surface area contributed by atoms with E-state index in [1.807, 2.05) is 0 Å². The zero-order chi connectivity index (χ0) is 16.6. The molecule has 0 amide bonds. The van der Waals surface area contributed by atoms with Crippen molar-refractivity contribution in [3.63, 3.8) is 0 Å². The molecule has 0 saturated heterocycles. The van der Waals surface area contributed by atoms with Crippen LogP contribution in [0.1, 0.15) is 0 Å². The maximum atomic E-state index is 13.9. The SMILES string of the molecule is O=[N+]([O-])c1cc(F)c(Oc2ccnc3cc(Br)ccc23)cc1F. The lowest BCUT2D eigenvalue weighted by molar-refractivity contribution is -0.387. The van der Waals surface area contributed by atoms with E-state index in [1.54, 1.807) is 18.2 Å². The van der Waals surface area contributed by atoms with Crippen molar-refractivity contribution in [2.75, 3.05) is 0 Å². The fourth-order valence-electron chi connectivity index (χ4n) is 2.04. The van der Waals surface area contributed by atoms with Crippen LogP contribution in [0.4, 0.5) is 14.5 Å². The molecule has 0 saturated carbocycles. The monoisotopic (exact) mass is 380 g/mol. The number of hydrogen-bond acceptors (Lipinski definition) is 4. The van der Waals surface area contributed by atoms with Gasteiger partial charge in [0, 0.05) is 22.1 Å². The van der Waals surface area contributed by atoms with Crippen molar-refractivity contribution in [1.82, 2.24) is 4.98 Å². The van der Waals surface area contributed by atoms with Crippen LogP contribution in [-0.2, 0) is 0 Å². The molecule has 0 unspecified atom stereocenters. The van der Waals surface area contributed by atoms with E-state index in [1.165, 1.54) is 12.3 Å². The third kappa shape index (κ3) is 2.98. The Morgan fingerprint density at radius 1 is 1.09 bits per heavy atom. The van der Waals surface area contributed by atoms with E-state index in [2.05, 4.69) is 20.9 Å². The molecule has 0 aliphatic heterocycles. The van der Waals surface area contributed by atoms with Gasteiger partial charge in [0.1, 0.15) is 5.75 Å². The first kappa shape index (κ1) is 15.3. The van der Waals surface area contributed by atoms with Crippen molar-refractivity contribution in [3.05, 3.63) is 68.8 Å². The van der Waals surface area contributed by atoms with Gasteiger partial charge in [-0.25, -0.2) is 4.39 Å². The Balaban J connectivity index is 2.06. The molecule has 0 N–H and O–H groups in total. The number of ether oxygens (including phenoxy) is 1. The molecule has 0 radical (unpaired) electrons. The van der Waals surface area contributed by atoms with Crippen LogP contribution in [0.25, 0.3) is 10.9 Å². The molecule has 0 aliphatic carbocycles. The van der Waals surface area contributed by atoms with E-state index in [9.17, 15) is 18.9 Å². The molecule has 5 nitrogen and oxygen atoms in total. The molecule has 0 bridgehead atoms. The molecule has 0 fully saturated rings. The average Bonchev–Trinajstić information content (AvgIpc) is 2.50. The van der Waals surface area contributed by atoms with Gasteiger partial charge in [0.15, 0.2) is 11.6 Å². The summed E-state index contributed by atoms with van der Waals surface area (Å²) >= 11 is 3.31. The van der Waals surface area contributed by atoms with Gasteiger partial charge in [-0.05, 0) is 24.3 Å². The highest BCUT2D eigenvalue weighted by atomic mass is 79.9. The van der Waals surface area contributed by atoms with Gasteiger partial charge < -0.3 is 4.74 Å². The minimum atomic E-state index is -1.17. The third-order valence-electron chi connectivity index (χ3n) is 3.08. The van der Waals surface area contributed by atoms with Gasteiger partial charge in [-0.1, -0.05) is 15.9 Å². The Kier molecular flexibility index (Phi) is 3.91. The van der Waals surface area contributed by atoms with Crippen LogP contribution in [0.15, 0.2) is 47.1 Å². The van der Waals surface area contributed by atoms with Gasteiger partial charge in [0.05, 0.1) is 16.5 Å². The van der Waals surface area contributed by atoms with E-state index in [0.29, 0.717) is 23.0 Å². The predicted octanol–water partition coefficient (Wildman–Crippen LogP) is 4.98. The fraction of sp³-hybridized carbons (Fsp3) is 0. The van der Waals surface area contributed by atoms with Crippen LogP contribution < -0.4 is 4.74 Å². The largest absolute Gasteiger partial charge is 0.453 e. The Labute approximate surface area is 136 Å². The lowest BCUT2D eigenvalue weighted by atomic mass is 10.2. The molecule has 3 aromatic rings. The number of rotatable bonds is 3. The molecule has 116 valence electrons. The minimum Gasteiger partial charge on any atom is -0.453 e. The average molecular weight is 381 g/mol. The predicted molar refractivity (Wildman–Crippen MR) is 82.5 cm³/mol. The summed E-state index contributed by atoms with van der Waals surface area (Å²) in [6.07, 6.45) is 1.46. The first-order valence-electron chi connectivity index (χ1n) is 6.31. The van der Waals surface area contributed by atoms with Crippen molar-refractivity contribution >= 4 is 32.5 Å². The van der Waals surface area contributed by atoms with Gasteiger partial charge in [0.25, 0.3) is 0 Å². The number of halogens is 3. The van der Waals surface area contributed by atoms with Crippen molar-refractivity contribution in [3.8, 4) is 11.5 Å². The fourth-order valence-corrected chi connectivity index (χ4v) is 2.39. The maximum Gasteiger partial charge on any atom is 0.307 e. The summed E-state index contributed by atoms with van der Waals surface area (Å²) in [5, 5.41) is 11.2. The summed E-state index contributed by atoms with van der Waals surface area (Å²) in [4.78, 5) is 13.8. The standard InChI is InChI=1S/C15H7BrF2N2O3/c16-8-1-2-9-12(5-8)19-4-3-14(9)23-15-7-10(17)13(20(21)22)6-11(15)18/h1-7H. The van der Waals surface area contributed by atoms with Gasteiger partial charge in [-0.15, -0.1) is 0 Å². The van der Waals surface area contributed by atoms with Crippen molar-refractivity contribution in [1.29, 1.82) is 0 Å². The Bertz CT molecular complexity index is 934. The van der Waals surface area contributed by atoms with Crippen LogP contribution in [0.3, 0.4) is 0 Å².